The normalized spacial score (nSPS) is 24.0. The van der Waals surface area contributed by atoms with Gasteiger partial charge in [-0.3, -0.25) is 4.98 Å². The number of nitrogens with two attached hydrogens (primary N) is 1. The van der Waals surface area contributed by atoms with Crippen LogP contribution in [0.25, 0.3) is 10.9 Å². The van der Waals surface area contributed by atoms with Crippen LogP contribution in [0, 0.1) is 11.8 Å². The van der Waals surface area contributed by atoms with E-state index in [-0.39, 0.29) is 0 Å². The molecule has 1 heterocycles. The van der Waals surface area contributed by atoms with Gasteiger partial charge in [-0.05, 0) is 43.1 Å². The Labute approximate surface area is 126 Å². The van der Waals surface area contributed by atoms with Crippen molar-refractivity contribution in [2.45, 2.75) is 39.0 Å². The lowest BCUT2D eigenvalue weighted by molar-refractivity contribution is 0.417. The third-order valence-corrected chi connectivity index (χ3v) is 5.18. The summed E-state index contributed by atoms with van der Waals surface area (Å²) in [4.78, 5) is 4.92. The van der Waals surface area contributed by atoms with E-state index in [4.69, 9.17) is 10.7 Å². The highest BCUT2D eigenvalue weighted by Gasteiger charge is 2.34. The van der Waals surface area contributed by atoms with Gasteiger partial charge < -0.3 is 5.73 Å². The number of rotatable bonds is 1. The van der Waals surface area contributed by atoms with Gasteiger partial charge in [0, 0.05) is 22.3 Å². The van der Waals surface area contributed by atoms with Crippen LogP contribution in [-0.4, -0.2) is 4.98 Å². The molecule has 0 aliphatic heterocycles. The molecule has 21 heavy (non-hydrogen) atoms. The molecule has 2 bridgehead atoms. The smallest absolute Gasteiger partial charge is 0.0726 e. The molecule has 2 atom stereocenters. The predicted octanol–water partition coefficient (Wildman–Crippen LogP) is 4.45. The monoisotopic (exact) mass is 278 g/mol. The topological polar surface area (TPSA) is 38.9 Å². The number of hydrogen-bond donors (Lipinski definition) is 1. The first kappa shape index (κ1) is 12.9. The molecule has 0 saturated heterocycles. The molecule has 2 aliphatic rings. The zero-order valence-corrected chi connectivity index (χ0v) is 12.8. The van der Waals surface area contributed by atoms with Crippen LogP contribution >= 0.6 is 0 Å². The second kappa shape index (κ2) is 4.59. The average molecular weight is 278 g/mol. The Bertz CT molecular complexity index is 743. The van der Waals surface area contributed by atoms with Gasteiger partial charge in [0.05, 0.1) is 5.52 Å². The van der Waals surface area contributed by atoms with Crippen LogP contribution in [0.5, 0.6) is 0 Å². The van der Waals surface area contributed by atoms with Crippen molar-refractivity contribution in [3.8, 4) is 0 Å². The van der Waals surface area contributed by atoms with Crippen molar-refractivity contribution in [1.82, 2.24) is 4.98 Å². The third kappa shape index (κ3) is 1.97. The molecule has 2 heteroatoms. The van der Waals surface area contributed by atoms with Crippen molar-refractivity contribution in [3.05, 3.63) is 47.2 Å². The molecule has 0 amide bonds. The maximum absolute atomic E-state index is 6.54. The molecule has 2 nitrogen and oxygen atoms in total. The number of para-hydroxylation sites is 1. The van der Waals surface area contributed by atoms with Gasteiger partial charge in [0.1, 0.15) is 0 Å². The Balaban J connectivity index is 1.88. The average Bonchev–Trinajstić information content (AvgIpc) is 2.46. The Morgan fingerprint density at radius 2 is 2.00 bits per heavy atom. The minimum atomic E-state index is 0.568. The molecule has 1 aromatic carbocycles. The zero-order valence-electron chi connectivity index (χ0n) is 12.8. The number of hydrogen-bond acceptors (Lipinski definition) is 2. The Morgan fingerprint density at radius 3 is 2.81 bits per heavy atom. The Morgan fingerprint density at radius 1 is 1.19 bits per heavy atom. The molecule has 0 spiro atoms. The molecule has 1 aromatic heterocycles. The third-order valence-electron chi connectivity index (χ3n) is 5.18. The number of nitrogen functional groups attached to an aromatic ring is 1. The molecule has 0 radical (unpaired) electrons. The van der Waals surface area contributed by atoms with Crippen LogP contribution in [0.4, 0.5) is 5.69 Å². The lowest BCUT2D eigenvalue weighted by atomic mass is 9.69. The lowest BCUT2D eigenvalue weighted by Gasteiger charge is -2.37. The summed E-state index contributed by atoms with van der Waals surface area (Å²) < 4.78 is 0. The molecule has 0 fully saturated rings. The van der Waals surface area contributed by atoms with Gasteiger partial charge in [-0.2, -0.15) is 0 Å². The molecule has 2 aliphatic carbocycles. The van der Waals surface area contributed by atoms with Crippen molar-refractivity contribution in [2.75, 3.05) is 5.73 Å². The molecule has 0 saturated carbocycles. The van der Waals surface area contributed by atoms with E-state index in [1.54, 1.807) is 5.57 Å². The second-order valence-electron chi connectivity index (χ2n) is 6.90. The second-order valence-corrected chi connectivity index (χ2v) is 6.90. The van der Waals surface area contributed by atoms with E-state index in [1.807, 2.05) is 6.07 Å². The number of nitrogens with zero attached hydrogens (tertiary/aromatic N) is 1. The quantitative estimate of drug-likeness (QED) is 0.783. The molecular formula is C19H22N2. The fourth-order valence-corrected chi connectivity index (χ4v) is 4.13. The number of fused-ring (bicyclic) bond motifs is 5. The van der Waals surface area contributed by atoms with Crippen molar-refractivity contribution in [1.29, 1.82) is 0 Å². The SMILES string of the molecule is CC(C)C1=CC2Cc3nc4ccccc4c(N)c3C(C1)C2. The summed E-state index contributed by atoms with van der Waals surface area (Å²) in [5.41, 5.74) is 12.7. The summed E-state index contributed by atoms with van der Waals surface area (Å²) in [6, 6.07) is 8.28. The number of aromatic nitrogens is 1. The van der Waals surface area contributed by atoms with E-state index in [9.17, 15) is 0 Å². The van der Waals surface area contributed by atoms with Gasteiger partial charge >= 0.3 is 0 Å². The zero-order chi connectivity index (χ0) is 14.6. The van der Waals surface area contributed by atoms with Gasteiger partial charge in [-0.25, -0.2) is 0 Å². The van der Waals surface area contributed by atoms with E-state index in [0.717, 1.165) is 29.4 Å². The van der Waals surface area contributed by atoms with Crippen molar-refractivity contribution in [2.24, 2.45) is 11.8 Å². The Hall–Kier alpha value is -1.83. The minimum absolute atomic E-state index is 0.568. The highest BCUT2D eigenvalue weighted by Crippen LogP contribution is 2.47. The number of allylic oxidation sites excluding steroid dienone is 2. The van der Waals surface area contributed by atoms with Crippen LogP contribution in [0.3, 0.4) is 0 Å². The first-order chi connectivity index (χ1) is 10.1. The van der Waals surface area contributed by atoms with Crippen LogP contribution < -0.4 is 5.73 Å². The van der Waals surface area contributed by atoms with Gasteiger partial charge in [-0.15, -0.1) is 0 Å². The number of pyridine rings is 1. The van der Waals surface area contributed by atoms with Gasteiger partial charge in [0.25, 0.3) is 0 Å². The Kier molecular flexibility index (Phi) is 2.81. The summed E-state index contributed by atoms with van der Waals surface area (Å²) in [6.07, 6.45) is 5.97. The summed E-state index contributed by atoms with van der Waals surface area (Å²) in [6.45, 7) is 4.60. The van der Waals surface area contributed by atoms with Crippen LogP contribution in [0.2, 0.25) is 0 Å². The van der Waals surface area contributed by atoms with Crippen LogP contribution in [0.1, 0.15) is 43.9 Å². The van der Waals surface area contributed by atoms with Gasteiger partial charge in [0.15, 0.2) is 0 Å². The van der Waals surface area contributed by atoms with Crippen LogP contribution in [0.15, 0.2) is 35.9 Å². The number of anilines is 1. The summed E-state index contributed by atoms with van der Waals surface area (Å²) in [7, 11) is 0. The van der Waals surface area contributed by atoms with Crippen molar-refractivity contribution in [3.63, 3.8) is 0 Å². The predicted molar refractivity (Wildman–Crippen MR) is 88.2 cm³/mol. The van der Waals surface area contributed by atoms with Crippen molar-refractivity contribution < 1.29 is 0 Å². The van der Waals surface area contributed by atoms with E-state index < -0.39 is 0 Å². The van der Waals surface area contributed by atoms with E-state index >= 15 is 0 Å². The van der Waals surface area contributed by atoms with Gasteiger partial charge in [0.2, 0.25) is 0 Å². The summed E-state index contributed by atoms with van der Waals surface area (Å²) >= 11 is 0. The van der Waals surface area contributed by atoms with E-state index in [1.165, 1.54) is 17.7 Å². The first-order valence-corrected chi connectivity index (χ1v) is 8.01. The molecule has 2 unspecified atom stereocenters. The summed E-state index contributed by atoms with van der Waals surface area (Å²) in [5, 5.41) is 1.12. The highest BCUT2D eigenvalue weighted by atomic mass is 14.7. The van der Waals surface area contributed by atoms with Gasteiger partial charge in [-0.1, -0.05) is 43.7 Å². The molecule has 2 N–H and O–H groups in total. The standard InChI is InChI=1S/C19H22N2/c1-11(2)13-7-12-8-14(10-13)18-17(9-12)21-16-6-4-3-5-15(16)19(18)20/h3-7,11-12,14H,8-10H2,1-2H3,(H2,20,21). The molecule has 2 aromatic rings. The van der Waals surface area contributed by atoms with Crippen molar-refractivity contribution >= 4 is 16.6 Å². The van der Waals surface area contributed by atoms with E-state index in [0.29, 0.717) is 17.8 Å². The molecular weight excluding hydrogens is 256 g/mol. The first-order valence-electron chi connectivity index (χ1n) is 8.01. The maximum atomic E-state index is 6.54. The molecule has 108 valence electrons. The highest BCUT2D eigenvalue weighted by molar-refractivity contribution is 5.92. The molecule has 4 rings (SSSR count). The number of benzene rings is 1. The fraction of sp³-hybridized carbons (Fsp3) is 0.421. The minimum Gasteiger partial charge on any atom is -0.398 e. The maximum Gasteiger partial charge on any atom is 0.0726 e. The fourth-order valence-electron chi connectivity index (χ4n) is 4.13. The van der Waals surface area contributed by atoms with Crippen LogP contribution in [-0.2, 0) is 6.42 Å². The van der Waals surface area contributed by atoms with E-state index in [2.05, 4.69) is 38.1 Å². The lowest BCUT2D eigenvalue weighted by Crippen LogP contribution is -2.25. The summed E-state index contributed by atoms with van der Waals surface area (Å²) in [5.74, 6) is 1.87. The largest absolute Gasteiger partial charge is 0.398 e.